The van der Waals surface area contributed by atoms with Gasteiger partial charge in [-0.3, -0.25) is 4.79 Å². The number of hydrogen-bond donors (Lipinski definition) is 1. The first kappa shape index (κ1) is 13.0. The summed E-state index contributed by atoms with van der Waals surface area (Å²) in [5.41, 5.74) is 6.06. The highest BCUT2D eigenvalue weighted by Crippen LogP contribution is 2.24. The molecule has 1 heterocycles. The molecule has 0 aliphatic carbocycles. The van der Waals surface area contributed by atoms with Crippen molar-refractivity contribution in [3.63, 3.8) is 0 Å². The van der Waals surface area contributed by atoms with Gasteiger partial charge in [-0.25, -0.2) is 4.39 Å². The first-order valence-corrected chi connectivity index (χ1v) is 6.00. The highest BCUT2D eigenvalue weighted by Gasteiger charge is 2.28. The van der Waals surface area contributed by atoms with Crippen molar-refractivity contribution >= 4 is 5.91 Å². The second kappa shape index (κ2) is 5.46. The molecule has 1 fully saturated rings. The normalized spacial score (nSPS) is 21.7. The molecule has 1 aromatic rings. The van der Waals surface area contributed by atoms with Crippen LogP contribution in [0.3, 0.4) is 0 Å². The van der Waals surface area contributed by atoms with Crippen molar-refractivity contribution in [2.24, 2.45) is 5.73 Å². The highest BCUT2D eigenvalue weighted by atomic mass is 19.1. The first-order valence-electron chi connectivity index (χ1n) is 6.00. The SMILES string of the molecule is C[C@@H](N)C(=O)N1CCOC(c2ccccc2F)C1. The summed E-state index contributed by atoms with van der Waals surface area (Å²) in [5.74, 6) is -0.433. The maximum atomic E-state index is 13.7. The Labute approximate surface area is 106 Å². The summed E-state index contributed by atoms with van der Waals surface area (Å²) in [7, 11) is 0. The minimum Gasteiger partial charge on any atom is -0.370 e. The third-order valence-electron chi connectivity index (χ3n) is 3.02. The molecule has 5 heteroatoms. The van der Waals surface area contributed by atoms with Gasteiger partial charge in [-0.15, -0.1) is 0 Å². The maximum absolute atomic E-state index is 13.7. The van der Waals surface area contributed by atoms with Gasteiger partial charge in [0.25, 0.3) is 0 Å². The zero-order valence-corrected chi connectivity index (χ0v) is 10.3. The van der Waals surface area contributed by atoms with Crippen molar-refractivity contribution in [3.8, 4) is 0 Å². The number of amides is 1. The van der Waals surface area contributed by atoms with Crippen molar-refractivity contribution in [1.82, 2.24) is 4.90 Å². The summed E-state index contributed by atoms with van der Waals surface area (Å²) in [6, 6.07) is 5.93. The van der Waals surface area contributed by atoms with E-state index >= 15 is 0 Å². The van der Waals surface area contributed by atoms with Gasteiger partial charge in [0.1, 0.15) is 11.9 Å². The molecule has 1 amide bonds. The van der Waals surface area contributed by atoms with Gasteiger partial charge in [-0.2, -0.15) is 0 Å². The Morgan fingerprint density at radius 3 is 2.94 bits per heavy atom. The molecule has 1 unspecified atom stereocenters. The molecule has 0 bridgehead atoms. The minimum absolute atomic E-state index is 0.125. The lowest BCUT2D eigenvalue weighted by Crippen LogP contribution is -2.48. The number of morpholine rings is 1. The van der Waals surface area contributed by atoms with E-state index in [2.05, 4.69) is 0 Å². The molecule has 0 aromatic heterocycles. The molecule has 1 aliphatic rings. The Hall–Kier alpha value is -1.46. The first-order chi connectivity index (χ1) is 8.59. The van der Waals surface area contributed by atoms with Crippen LogP contribution in [0.2, 0.25) is 0 Å². The third kappa shape index (κ3) is 2.68. The average molecular weight is 252 g/mol. The van der Waals surface area contributed by atoms with Gasteiger partial charge in [0.15, 0.2) is 0 Å². The van der Waals surface area contributed by atoms with E-state index in [1.54, 1.807) is 30.0 Å². The zero-order valence-electron chi connectivity index (χ0n) is 10.3. The van der Waals surface area contributed by atoms with E-state index in [0.29, 0.717) is 25.3 Å². The molecule has 4 nitrogen and oxygen atoms in total. The molecule has 2 N–H and O–H groups in total. The minimum atomic E-state index is -0.538. The molecule has 98 valence electrons. The van der Waals surface area contributed by atoms with Crippen LogP contribution in [0.15, 0.2) is 24.3 Å². The molecule has 2 rings (SSSR count). The second-order valence-electron chi connectivity index (χ2n) is 4.45. The van der Waals surface area contributed by atoms with Gasteiger partial charge in [0.05, 0.1) is 19.2 Å². The number of benzene rings is 1. The monoisotopic (exact) mass is 252 g/mol. The summed E-state index contributed by atoms with van der Waals surface area (Å²) < 4.78 is 19.2. The van der Waals surface area contributed by atoms with Crippen LogP contribution >= 0.6 is 0 Å². The molecule has 18 heavy (non-hydrogen) atoms. The summed E-state index contributed by atoms with van der Waals surface area (Å²) >= 11 is 0. The van der Waals surface area contributed by atoms with Gasteiger partial charge < -0.3 is 15.4 Å². The standard InChI is InChI=1S/C13H17FN2O2/c1-9(15)13(17)16-6-7-18-12(8-16)10-4-2-3-5-11(10)14/h2-5,9,12H,6-8,15H2,1H3/t9-,12?/m1/s1. The van der Waals surface area contributed by atoms with Crippen LogP contribution in [-0.2, 0) is 9.53 Å². The van der Waals surface area contributed by atoms with E-state index in [0.717, 1.165) is 0 Å². The van der Waals surface area contributed by atoms with Crippen molar-refractivity contribution in [3.05, 3.63) is 35.6 Å². The number of halogens is 1. The molecular weight excluding hydrogens is 235 g/mol. The van der Waals surface area contributed by atoms with E-state index in [9.17, 15) is 9.18 Å². The van der Waals surface area contributed by atoms with E-state index in [-0.39, 0.29) is 11.7 Å². The van der Waals surface area contributed by atoms with Crippen LogP contribution in [0.25, 0.3) is 0 Å². The van der Waals surface area contributed by atoms with Gasteiger partial charge >= 0.3 is 0 Å². The van der Waals surface area contributed by atoms with Crippen LogP contribution in [0.1, 0.15) is 18.6 Å². The number of carbonyl (C=O) groups is 1. The lowest BCUT2D eigenvalue weighted by Gasteiger charge is -2.34. The lowest BCUT2D eigenvalue weighted by atomic mass is 10.1. The summed E-state index contributed by atoms with van der Waals surface area (Å²) in [4.78, 5) is 13.4. The number of ether oxygens (including phenoxy) is 1. The van der Waals surface area contributed by atoms with Crippen LogP contribution in [0.5, 0.6) is 0 Å². The fourth-order valence-electron chi connectivity index (χ4n) is 2.06. The molecule has 1 aliphatic heterocycles. The van der Waals surface area contributed by atoms with Crippen LogP contribution in [0.4, 0.5) is 4.39 Å². The second-order valence-corrected chi connectivity index (χ2v) is 4.45. The fraction of sp³-hybridized carbons (Fsp3) is 0.462. The molecule has 0 spiro atoms. The summed E-state index contributed by atoms with van der Waals surface area (Å²) in [6.07, 6.45) is -0.414. The third-order valence-corrected chi connectivity index (χ3v) is 3.02. The van der Waals surface area contributed by atoms with Crippen LogP contribution in [0, 0.1) is 5.82 Å². The molecular formula is C13H17FN2O2. The highest BCUT2D eigenvalue weighted by molar-refractivity contribution is 5.81. The number of nitrogens with zero attached hydrogens (tertiary/aromatic N) is 1. The molecule has 2 atom stereocenters. The van der Waals surface area contributed by atoms with Crippen molar-refractivity contribution in [2.45, 2.75) is 19.1 Å². The van der Waals surface area contributed by atoms with Gasteiger partial charge in [0, 0.05) is 12.1 Å². The smallest absolute Gasteiger partial charge is 0.239 e. The Morgan fingerprint density at radius 1 is 1.56 bits per heavy atom. The largest absolute Gasteiger partial charge is 0.370 e. The van der Waals surface area contributed by atoms with Crippen LogP contribution < -0.4 is 5.73 Å². The average Bonchev–Trinajstić information content (AvgIpc) is 2.38. The quantitative estimate of drug-likeness (QED) is 0.856. The molecule has 1 saturated heterocycles. The summed E-state index contributed by atoms with van der Waals surface area (Å²) in [5, 5.41) is 0. The maximum Gasteiger partial charge on any atom is 0.239 e. The topological polar surface area (TPSA) is 55.6 Å². The molecule has 1 aromatic carbocycles. The summed E-state index contributed by atoms with van der Waals surface area (Å²) in [6.45, 7) is 2.90. The Bertz CT molecular complexity index is 437. The predicted octanol–water partition coefficient (Wildman–Crippen LogP) is 1.07. The van der Waals surface area contributed by atoms with Gasteiger partial charge in [-0.1, -0.05) is 18.2 Å². The zero-order chi connectivity index (χ0) is 13.1. The Kier molecular flexibility index (Phi) is 3.93. The fourth-order valence-corrected chi connectivity index (χ4v) is 2.06. The number of rotatable bonds is 2. The molecule has 0 saturated carbocycles. The van der Waals surface area contributed by atoms with Crippen LogP contribution in [-0.4, -0.2) is 36.5 Å². The van der Waals surface area contributed by atoms with E-state index in [1.165, 1.54) is 6.07 Å². The van der Waals surface area contributed by atoms with Crippen molar-refractivity contribution < 1.29 is 13.9 Å². The van der Waals surface area contributed by atoms with Crippen molar-refractivity contribution in [2.75, 3.05) is 19.7 Å². The van der Waals surface area contributed by atoms with Gasteiger partial charge in [-0.05, 0) is 13.0 Å². The number of nitrogens with two attached hydrogens (primary N) is 1. The van der Waals surface area contributed by atoms with E-state index < -0.39 is 12.1 Å². The Morgan fingerprint density at radius 2 is 2.28 bits per heavy atom. The van der Waals surface area contributed by atoms with E-state index in [4.69, 9.17) is 10.5 Å². The van der Waals surface area contributed by atoms with E-state index in [1.807, 2.05) is 0 Å². The Balaban J connectivity index is 2.12. The van der Waals surface area contributed by atoms with Gasteiger partial charge in [0.2, 0.25) is 5.91 Å². The lowest BCUT2D eigenvalue weighted by molar-refractivity contribution is -0.140. The molecule has 0 radical (unpaired) electrons. The number of hydrogen-bond acceptors (Lipinski definition) is 3. The van der Waals surface area contributed by atoms with Crippen molar-refractivity contribution in [1.29, 1.82) is 0 Å². The number of carbonyl (C=O) groups excluding carboxylic acids is 1. The predicted molar refractivity (Wildman–Crippen MR) is 65.3 cm³/mol.